The SMILES string of the molecule is C=COOP(=O)(O)O. The van der Waals surface area contributed by atoms with Crippen LogP contribution in [-0.2, 0) is 14.1 Å². The number of hydrogen-bond acceptors (Lipinski definition) is 3. The van der Waals surface area contributed by atoms with Crippen LogP contribution in [0.1, 0.15) is 0 Å². The fourth-order valence-electron chi connectivity index (χ4n) is 0.0865. The molecule has 0 unspecified atom stereocenters. The van der Waals surface area contributed by atoms with Gasteiger partial charge < -0.3 is 14.7 Å². The van der Waals surface area contributed by atoms with Gasteiger partial charge in [-0.2, -0.15) is 0 Å². The summed E-state index contributed by atoms with van der Waals surface area (Å²) in [7, 11) is -4.48. The second kappa shape index (κ2) is 2.84. The molecule has 0 atom stereocenters. The van der Waals surface area contributed by atoms with Gasteiger partial charge in [0, 0.05) is 0 Å². The summed E-state index contributed by atoms with van der Waals surface area (Å²) < 4.78 is 13.1. The van der Waals surface area contributed by atoms with E-state index in [1.54, 1.807) is 0 Å². The van der Waals surface area contributed by atoms with Gasteiger partial charge in [0.05, 0.1) is 0 Å². The van der Waals surface area contributed by atoms with Gasteiger partial charge in [-0.15, -0.1) is 0 Å². The highest BCUT2D eigenvalue weighted by Crippen LogP contribution is 2.35. The quantitative estimate of drug-likeness (QED) is 0.253. The average molecular weight is 140 g/mol. The first-order valence-corrected chi connectivity index (χ1v) is 3.11. The van der Waals surface area contributed by atoms with Crippen LogP contribution in [-0.4, -0.2) is 9.79 Å². The van der Waals surface area contributed by atoms with Gasteiger partial charge in [0.2, 0.25) is 0 Å². The molecular weight excluding hydrogens is 135 g/mol. The van der Waals surface area contributed by atoms with Gasteiger partial charge in [0.15, 0.2) is 0 Å². The van der Waals surface area contributed by atoms with Crippen LogP contribution in [0.4, 0.5) is 0 Å². The zero-order valence-electron chi connectivity index (χ0n) is 3.85. The van der Waals surface area contributed by atoms with Crippen molar-refractivity contribution in [3.63, 3.8) is 0 Å². The lowest BCUT2D eigenvalue weighted by molar-refractivity contribution is -0.167. The molecule has 0 aliphatic carbocycles. The number of phosphoric acid groups is 1. The smallest absolute Gasteiger partial charge is 0.336 e. The maximum atomic E-state index is 9.69. The second-order valence-electron chi connectivity index (χ2n) is 0.828. The molecule has 0 aliphatic heterocycles. The van der Waals surface area contributed by atoms with E-state index in [4.69, 9.17) is 9.79 Å². The van der Waals surface area contributed by atoms with E-state index in [1.165, 1.54) is 0 Å². The first kappa shape index (κ1) is 7.65. The van der Waals surface area contributed by atoms with E-state index in [1.807, 2.05) is 0 Å². The van der Waals surface area contributed by atoms with Crippen LogP contribution in [0.5, 0.6) is 0 Å². The summed E-state index contributed by atoms with van der Waals surface area (Å²) in [4.78, 5) is 19.4. The van der Waals surface area contributed by atoms with Gasteiger partial charge in [0.1, 0.15) is 6.26 Å². The summed E-state index contributed by atoms with van der Waals surface area (Å²) >= 11 is 0. The van der Waals surface area contributed by atoms with E-state index in [2.05, 4.69) is 16.1 Å². The van der Waals surface area contributed by atoms with Crippen LogP contribution in [0.3, 0.4) is 0 Å². The molecule has 0 aromatic carbocycles. The average Bonchev–Trinajstić information content (AvgIpc) is 1.59. The molecule has 0 saturated heterocycles. The molecule has 0 amide bonds. The minimum atomic E-state index is -4.48. The summed E-state index contributed by atoms with van der Waals surface area (Å²) in [6.45, 7) is 2.97. The van der Waals surface area contributed by atoms with Crippen LogP contribution < -0.4 is 0 Å². The summed E-state index contributed by atoms with van der Waals surface area (Å²) in [5, 5.41) is 0. The van der Waals surface area contributed by atoms with Gasteiger partial charge >= 0.3 is 7.82 Å². The molecule has 0 heterocycles. The van der Waals surface area contributed by atoms with Gasteiger partial charge in [0.25, 0.3) is 0 Å². The van der Waals surface area contributed by atoms with E-state index >= 15 is 0 Å². The zero-order chi connectivity index (χ0) is 6.62. The Kier molecular flexibility index (Phi) is 2.71. The number of hydrogen-bond donors (Lipinski definition) is 2. The maximum absolute atomic E-state index is 9.69. The van der Waals surface area contributed by atoms with Crippen LogP contribution in [0, 0.1) is 0 Å². The van der Waals surface area contributed by atoms with Crippen LogP contribution in [0.2, 0.25) is 0 Å². The monoisotopic (exact) mass is 140 g/mol. The highest BCUT2D eigenvalue weighted by Gasteiger charge is 2.14. The van der Waals surface area contributed by atoms with Crippen LogP contribution in [0.15, 0.2) is 12.8 Å². The van der Waals surface area contributed by atoms with E-state index < -0.39 is 7.82 Å². The third-order valence-corrected chi connectivity index (χ3v) is 0.488. The topological polar surface area (TPSA) is 76.0 Å². The van der Waals surface area contributed by atoms with Crippen molar-refractivity contribution in [2.24, 2.45) is 0 Å². The molecule has 8 heavy (non-hydrogen) atoms. The molecule has 0 aliphatic rings. The highest BCUT2D eigenvalue weighted by atomic mass is 31.2. The van der Waals surface area contributed by atoms with Gasteiger partial charge in [-0.25, -0.2) is 4.57 Å². The zero-order valence-corrected chi connectivity index (χ0v) is 4.75. The molecule has 0 aromatic rings. The van der Waals surface area contributed by atoms with E-state index in [-0.39, 0.29) is 0 Å². The van der Waals surface area contributed by atoms with Crippen molar-refractivity contribution >= 4 is 7.82 Å². The summed E-state index contributed by atoms with van der Waals surface area (Å²) in [5.41, 5.74) is 0. The van der Waals surface area contributed by atoms with E-state index in [9.17, 15) is 4.57 Å². The van der Waals surface area contributed by atoms with Crippen LogP contribution >= 0.6 is 7.82 Å². The lowest BCUT2D eigenvalue weighted by atomic mass is 11.2. The molecule has 5 nitrogen and oxygen atoms in total. The minimum absolute atomic E-state index is 0.763. The largest absolute Gasteiger partial charge is 0.505 e. The standard InChI is InChI=1S/C2H5O5P/c1-2-6-7-8(3,4)5/h2H,1H2,(H2,3,4,5). The fourth-order valence-corrected chi connectivity index (χ4v) is 0.259. The van der Waals surface area contributed by atoms with E-state index in [0.29, 0.717) is 0 Å². The van der Waals surface area contributed by atoms with Crippen molar-refractivity contribution in [2.75, 3.05) is 0 Å². The molecule has 0 fully saturated rings. The predicted molar refractivity (Wildman–Crippen MR) is 24.4 cm³/mol. The molecule has 0 spiro atoms. The Bertz CT molecular complexity index is 114. The predicted octanol–water partition coefficient (Wildman–Crippen LogP) is 0.171. The Morgan fingerprint density at radius 1 is 1.62 bits per heavy atom. The Hall–Kier alpha value is -0.350. The minimum Gasteiger partial charge on any atom is -0.336 e. The maximum Gasteiger partial charge on any atom is 0.505 e. The van der Waals surface area contributed by atoms with Gasteiger partial charge in [-0.3, -0.25) is 0 Å². The Morgan fingerprint density at radius 2 is 2.12 bits per heavy atom. The first-order chi connectivity index (χ1) is 3.56. The van der Waals surface area contributed by atoms with Crippen molar-refractivity contribution in [3.8, 4) is 0 Å². The van der Waals surface area contributed by atoms with Crippen molar-refractivity contribution in [1.29, 1.82) is 0 Å². The molecule has 0 radical (unpaired) electrons. The van der Waals surface area contributed by atoms with Crippen molar-refractivity contribution in [2.45, 2.75) is 0 Å². The molecule has 0 rings (SSSR count). The normalized spacial score (nSPS) is 10.8. The second-order valence-corrected chi connectivity index (χ2v) is 1.96. The van der Waals surface area contributed by atoms with Crippen molar-refractivity contribution in [1.82, 2.24) is 0 Å². The Morgan fingerprint density at radius 3 is 2.25 bits per heavy atom. The molecule has 0 bridgehead atoms. The summed E-state index contributed by atoms with van der Waals surface area (Å²) in [5.74, 6) is 0. The molecule has 0 saturated carbocycles. The van der Waals surface area contributed by atoms with Crippen molar-refractivity contribution in [3.05, 3.63) is 12.8 Å². The Labute approximate surface area is 45.7 Å². The third-order valence-electron chi connectivity index (χ3n) is 0.208. The Balaban J connectivity index is 3.40. The first-order valence-electron chi connectivity index (χ1n) is 1.58. The molecule has 48 valence electrons. The van der Waals surface area contributed by atoms with E-state index in [0.717, 1.165) is 6.26 Å². The molecule has 6 heteroatoms. The van der Waals surface area contributed by atoms with Crippen molar-refractivity contribution < 1.29 is 23.9 Å². The molecule has 0 aromatic heterocycles. The van der Waals surface area contributed by atoms with Gasteiger partial charge in [-0.05, 0) is 0 Å². The molecular formula is C2H5O5P. The summed E-state index contributed by atoms with van der Waals surface area (Å²) in [6, 6.07) is 0. The van der Waals surface area contributed by atoms with Gasteiger partial charge in [-0.1, -0.05) is 11.3 Å². The molecule has 2 N–H and O–H groups in total. The lowest BCUT2D eigenvalue weighted by Gasteiger charge is -1.98. The number of rotatable bonds is 3. The fraction of sp³-hybridized carbons (Fsp3) is 0. The summed E-state index contributed by atoms with van der Waals surface area (Å²) in [6.07, 6.45) is 0.763. The highest BCUT2D eigenvalue weighted by molar-refractivity contribution is 7.46. The van der Waals surface area contributed by atoms with Crippen LogP contribution in [0.25, 0.3) is 0 Å². The third kappa shape index (κ3) is 5.65. The lowest BCUT2D eigenvalue weighted by Crippen LogP contribution is -1.83.